The van der Waals surface area contributed by atoms with E-state index in [-0.39, 0.29) is 22.5 Å². The maximum Gasteiger partial charge on any atom is 0.323 e. The molecule has 1 atom stereocenters. The summed E-state index contributed by atoms with van der Waals surface area (Å²) in [6.07, 6.45) is 0.615. The zero-order valence-corrected chi connectivity index (χ0v) is 15.1. The van der Waals surface area contributed by atoms with Gasteiger partial charge in [-0.1, -0.05) is 6.92 Å². The van der Waals surface area contributed by atoms with Gasteiger partial charge in [0.2, 0.25) is 10.0 Å². The highest BCUT2D eigenvalue weighted by atomic mass is 32.2. The van der Waals surface area contributed by atoms with E-state index < -0.39 is 28.4 Å². The van der Waals surface area contributed by atoms with Gasteiger partial charge in [0.15, 0.2) is 0 Å². The van der Waals surface area contributed by atoms with Crippen LogP contribution in [0.15, 0.2) is 29.2 Å². The van der Waals surface area contributed by atoms with Crippen molar-refractivity contribution in [2.75, 3.05) is 6.54 Å². The normalized spacial score (nSPS) is 12.9. The van der Waals surface area contributed by atoms with Crippen LogP contribution in [0.2, 0.25) is 0 Å². The summed E-state index contributed by atoms with van der Waals surface area (Å²) in [6.45, 7) is 6.66. The van der Waals surface area contributed by atoms with Crippen molar-refractivity contribution in [3.8, 4) is 0 Å². The molecule has 0 saturated heterocycles. The lowest BCUT2D eigenvalue weighted by Crippen LogP contribution is -2.41. The average Bonchev–Trinajstić information content (AvgIpc) is 2.50. The van der Waals surface area contributed by atoms with E-state index in [1.807, 2.05) is 6.92 Å². The second-order valence-corrected chi connectivity index (χ2v) is 7.60. The van der Waals surface area contributed by atoms with Crippen molar-refractivity contribution in [3.63, 3.8) is 0 Å². The molecule has 8 heteroatoms. The minimum Gasteiger partial charge on any atom is -0.480 e. The third-order valence-electron chi connectivity index (χ3n) is 3.49. The fraction of sp³-hybridized carbons (Fsp3) is 0.500. The van der Waals surface area contributed by atoms with Crippen LogP contribution >= 0.6 is 0 Å². The number of nitrogens with zero attached hydrogens (tertiary/aromatic N) is 1. The van der Waals surface area contributed by atoms with Gasteiger partial charge in [-0.2, -0.15) is 0 Å². The summed E-state index contributed by atoms with van der Waals surface area (Å²) in [4.78, 5) is 24.8. The molecule has 1 aromatic rings. The molecule has 24 heavy (non-hydrogen) atoms. The van der Waals surface area contributed by atoms with Gasteiger partial charge in [-0.15, -0.1) is 0 Å². The molecule has 1 rings (SSSR count). The molecule has 2 N–H and O–H groups in total. The Bertz CT molecular complexity index is 683. The molecule has 0 aromatic heterocycles. The molecule has 0 aliphatic rings. The number of rotatable bonds is 8. The molecule has 134 valence electrons. The number of carbonyl (C=O) groups excluding carboxylic acids is 1. The van der Waals surface area contributed by atoms with Gasteiger partial charge in [0, 0.05) is 17.6 Å². The number of hydrogen-bond acceptors (Lipinski definition) is 4. The summed E-state index contributed by atoms with van der Waals surface area (Å²) in [5, 5.41) is 8.98. The van der Waals surface area contributed by atoms with Crippen LogP contribution in [0.4, 0.5) is 0 Å². The Hall–Kier alpha value is -1.93. The minimum atomic E-state index is -3.63. The van der Waals surface area contributed by atoms with Crippen molar-refractivity contribution in [2.45, 2.75) is 51.1 Å². The van der Waals surface area contributed by atoms with Gasteiger partial charge in [-0.3, -0.25) is 9.59 Å². The molecule has 0 saturated carbocycles. The van der Waals surface area contributed by atoms with Gasteiger partial charge in [0.25, 0.3) is 5.91 Å². The van der Waals surface area contributed by atoms with Crippen molar-refractivity contribution in [1.29, 1.82) is 0 Å². The van der Waals surface area contributed by atoms with Crippen LogP contribution in [0.25, 0.3) is 0 Å². The summed E-state index contributed by atoms with van der Waals surface area (Å²) in [7, 11) is -3.63. The molecule has 1 unspecified atom stereocenters. The molecule has 0 aliphatic carbocycles. The number of carboxylic acid groups (broad SMARTS) is 1. The Labute approximate surface area is 142 Å². The smallest absolute Gasteiger partial charge is 0.323 e. The number of carboxylic acids is 1. The van der Waals surface area contributed by atoms with E-state index in [0.717, 1.165) is 0 Å². The molecular formula is C16H24N2O5S. The third-order valence-corrected chi connectivity index (χ3v) is 5.17. The number of hydrogen-bond donors (Lipinski definition) is 2. The Morgan fingerprint density at radius 2 is 1.71 bits per heavy atom. The summed E-state index contributed by atoms with van der Waals surface area (Å²) < 4.78 is 26.6. The van der Waals surface area contributed by atoms with E-state index in [0.29, 0.717) is 6.42 Å². The molecule has 0 bridgehead atoms. The number of benzene rings is 1. The predicted molar refractivity (Wildman–Crippen MR) is 90.3 cm³/mol. The largest absolute Gasteiger partial charge is 0.480 e. The summed E-state index contributed by atoms with van der Waals surface area (Å²) in [6, 6.07) is 5.00. The van der Waals surface area contributed by atoms with Crippen molar-refractivity contribution in [3.05, 3.63) is 29.8 Å². The Balaban J connectivity index is 3.06. The Kier molecular flexibility index (Phi) is 6.92. The maximum absolute atomic E-state index is 12.5. The maximum atomic E-state index is 12.5. The van der Waals surface area contributed by atoms with E-state index in [2.05, 4.69) is 4.72 Å². The Morgan fingerprint density at radius 1 is 1.17 bits per heavy atom. The molecule has 7 nitrogen and oxygen atoms in total. The first-order chi connectivity index (χ1) is 11.1. The van der Waals surface area contributed by atoms with Gasteiger partial charge in [0.1, 0.15) is 6.54 Å². The van der Waals surface area contributed by atoms with Crippen molar-refractivity contribution in [1.82, 2.24) is 9.62 Å². The predicted octanol–water partition coefficient (Wildman–Crippen LogP) is 1.70. The summed E-state index contributed by atoms with van der Waals surface area (Å²) in [5.41, 5.74) is 0.250. The van der Waals surface area contributed by atoms with Gasteiger partial charge in [0.05, 0.1) is 4.90 Å². The van der Waals surface area contributed by atoms with Crippen LogP contribution < -0.4 is 4.72 Å². The van der Waals surface area contributed by atoms with Gasteiger partial charge >= 0.3 is 5.97 Å². The quantitative estimate of drug-likeness (QED) is 0.738. The second-order valence-electron chi connectivity index (χ2n) is 5.88. The molecular weight excluding hydrogens is 332 g/mol. The molecule has 0 radical (unpaired) electrons. The summed E-state index contributed by atoms with van der Waals surface area (Å²) in [5.74, 6) is -1.53. The van der Waals surface area contributed by atoms with Crippen LogP contribution in [0.3, 0.4) is 0 Å². The number of nitrogens with one attached hydrogen (secondary N) is 1. The lowest BCUT2D eigenvalue weighted by Gasteiger charge is -2.27. The standard InChI is InChI=1S/C16H24N2O5S/c1-5-12(4)18(10-15(19)20)16(21)13-6-8-14(9-7-13)24(22,23)17-11(2)3/h6-9,11-12,17H,5,10H2,1-4H3,(H,19,20). The number of aliphatic carboxylic acids is 1. The first-order valence-electron chi connectivity index (χ1n) is 7.73. The van der Waals surface area contributed by atoms with E-state index in [4.69, 9.17) is 5.11 Å². The second kappa shape index (κ2) is 8.25. The van der Waals surface area contributed by atoms with E-state index in [1.54, 1.807) is 20.8 Å². The van der Waals surface area contributed by atoms with Crippen LogP contribution in [0, 0.1) is 0 Å². The first-order valence-corrected chi connectivity index (χ1v) is 9.22. The van der Waals surface area contributed by atoms with Gasteiger partial charge in [-0.25, -0.2) is 13.1 Å². The van der Waals surface area contributed by atoms with E-state index in [1.165, 1.54) is 29.2 Å². The monoisotopic (exact) mass is 356 g/mol. The van der Waals surface area contributed by atoms with Gasteiger partial charge < -0.3 is 10.0 Å². The SMILES string of the molecule is CCC(C)N(CC(=O)O)C(=O)c1ccc(S(=O)(=O)NC(C)C)cc1. The van der Waals surface area contributed by atoms with Crippen LogP contribution in [0.1, 0.15) is 44.5 Å². The minimum absolute atomic E-state index is 0.0566. The summed E-state index contributed by atoms with van der Waals surface area (Å²) >= 11 is 0. The van der Waals surface area contributed by atoms with Crippen LogP contribution in [-0.2, 0) is 14.8 Å². The number of amides is 1. The van der Waals surface area contributed by atoms with Crippen LogP contribution in [-0.4, -0.2) is 48.9 Å². The number of carbonyl (C=O) groups is 2. The molecule has 0 aliphatic heterocycles. The van der Waals surface area contributed by atoms with Crippen LogP contribution in [0.5, 0.6) is 0 Å². The lowest BCUT2D eigenvalue weighted by atomic mass is 10.1. The van der Waals surface area contributed by atoms with Crippen molar-refractivity contribution in [2.24, 2.45) is 0 Å². The van der Waals surface area contributed by atoms with Gasteiger partial charge in [-0.05, 0) is 51.5 Å². The zero-order chi connectivity index (χ0) is 18.5. The topological polar surface area (TPSA) is 104 Å². The third kappa shape index (κ3) is 5.31. The number of sulfonamides is 1. The highest BCUT2D eigenvalue weighted by Crippen LogP contribution is 2.15. The Morgan fingerprint density at radius 3 is 2.12 bits per heavy atom. The molecule has 1 aromatic carbocycles. The van der Waals surface area contributed by atoms with Crippen molar-refractivity contribution >= 4 is 21.9 Å². The first kappa shape index (κ1) is 20.1. The van der Waals surface area contributed by atoms with E-state index >= 15 is 0 Å². The molecule has 0 spiro atoms. The lowest BCUT2D eigenvalue weighted by molar-refractivity contribution is -0.138. The van der Waals surface area contributed by atoms with Crippen molar-refractivity contribution < 1.29 is 23.1 Å². The molecule has 0 fully saturated rings. The van der Waals surface area contributed by atoms with E-state index in [9.17, 15) is 18.0 Å². The molecule has 0 heterocycles. The molecule has 1 amide bonds. The highest BCUT2D eigenvalue weighted by Gasteiger charge is 2.23. The zero-order valence-electron chi connectivity index (χ0n) is 14.3. The fourth-order valence-electron chi connectivity index (χ4n) is 2.11. The highest BCUT2D eigenvalue weighted by molar-refractivity contribution is 7.89. The average molecular weight is 356 g/mol. The fourth-order valence-corrected chi connectivity index (χ4v) is 3.37.